The van der Waals surface area contributed by atoms with Gasteiger partial charge in [0.15, 0.2) is 0 Å². The molecule has 0 bridgehead atoms. The van der Waals surface area contributed by atoms with Gasteiger partial charge in [-0.3, -0.25) is 0 Å². The average molecular weight is 578 g/mol. The highest BCUT2D eigenvalue weighted by Gasteiger charge is 2.40. The third-order valence-electron chi connectivity index (χ3n) is 8.45. The first-order chi connectivity index (χ1) is 19.1. The summed E-state index contributed by atoms with van der Waals surface area (Å²) in [7, 11) is -4.80. The molecule has 2 aromatic carbocycles. The second kappa shape index (κ2) is 11.6. The van der Waals surface area contributed by atoms with Crippen molar-refractivity contribution in [3.8, 4) is 22.5 Å². The molecule has 0 spiro atoms. The number of piperidine rings is 1. The summed E-state index contributed by atoms with van der Waals surface area (Å²) < 4.78 is 66.2. The molecule has 0 radical (unpaired) electrons. The normalized spacial score (nSPS) is 21.5. The molecule has 216 valence electrons. The Morgan fingerprint density at radius 3 is 2.20 bits per heavy atom. The van der Waals surface area contributed by atoms with Gasteiger partial charge < -0.3 is 10.6 Å². The lowest BCUT2D eigenvalue weighted by atomic mass is 9.82. The number of hydrogen-bond donors (Lipinski definition) is 3. The van der Waals surface area contributed by atoms with Crippen LogP contribution in [0.15, 0.2) is 41.3 Å². The monoisotopic (exact) mass is 577 g/mol. The van der Waals surface area contributed by atoms with Crippen LogP contribution in [0.5, 0.6) is 0 Å². The van der Waals surface area contributed by atoms with Gasteiger partial charge in [0.2, 0.25) is 15.8 Å². The van der Waals surface area contributed by atoms with Crippen molar-refractivity contribution in [1.82, 2.24) is 25.5 Å². The number of aromatic nitrogens is 4. The lowest BCUT2D eigenvalue weighted by molar-refractivity contribution is -0.139. The molecule has 0 amide bonds. The van der Waals surface area contributed by atoms with Crippen LogP contribution in [0, 0.1) is 5.92 Å². The molecule has 5 rings (SSSR count). The van der Waals surface area contributed by atoms with Crippen molar-refractivity contribution in [1.29, 1.82) is 0 Å². The lowest BCUT2D eigenvalue weighted by Crippen LogP contribution is -2.42. The number of H-pyrrole nitrogens is 1. The quantitative estimate of drug-likeness (QED) is 0.380. The molecule has 1 saturated heterocycles. The van der Waals surface area contributed by atoms with Crippen LogP contribution in [0.2, 0.25) is 0 Å². The molecule has 40 heavy (non-hydrogen) atoms. The molecule has 1 aromatic heterocycles. The van der Waals surface area contributed by atoms with E-state index in [1.54, 1.807) is 12.1 Å². The Labute approximate surface area is 231 Å². The number of nitrogens with zero attached hydrogens (tertiary/aromatic N) is 4. The lowest BCUT2D eigenvalue weighted by Gasteiger charge is -2.41. The number of primary sulfonamides is 1. The van der Waals surface area contributed by atoms with Crippen LogP contribution in [0.3, 0.4) is 0 Å². The second-order valence-corrected chi connectivity index (χ2v) is 12.3. The van der Waals surface area contributed by atoms with Crippen LogP contribution in [0.25, 0.3) is 22.5 Å². The van der Waals surface area contributed by atoms with Gasteiger partial charge in [-0.1, -0.05) is 30.3 Å². The van der Waals surface area contributed by atoms with E-state index in [-0.39, 0.29) is 17.0 Å². The predicted octanol–water partition coefficient (Wildman–Crippen LogP) is 4.29. The number of rotatable bonds is 7. The number of aromatic amines is 1. The second-order valence-electron chi connectivity index (χ2n) is 10.8. The minimum absolute atomic E-state index is 0.213. The van der Waals surface area contributed by atoms with E-state index in [9.17, 15) is 21.6 Å². The number of hydrogen-bond acceptors (Lipinski definition) is 7. The molecule has 13 heteroatoms. The van der Waals surface area contributed by atoms with E-state index >= 15 is 0 Å². The minimum Gasteiger partial charge on any atom is -0.330 e. The maximum atomic E-state index is 13.8. The van der Waals surface area contributed by atoms with Crippen LogP contribution in [0.4, 0.5) is 13.2 Å². The van der Waals surface area contributed by atoms with E-state index in [4.69, 9.17) is 10.9 Å². The summed E-state index contributed by atoms with van der Waals surface area (Å²) in [6.45, 7) is 2.85. The Balaban J connectivity index is 1.37. The van der Waals surface area contributed by atoms with E-state index in [0.29, 0.717) is 17.5 Å². The Hall–Kier alpha value is -2.87. The molecular weight excluding hydrogens is 543 g/mol. The maximum absolute atomic E-state index is 13.8. The molecule has 1 aliphatic carbocycles. The fraction of sp³-hybridized carbons (Fsp3) is 0.519. The highest BCUT2D eigenvalue weighted by Crippen LogP contribution is 2.43. The summed E-state index contributed by atoms with van der Waals surface area (Å²) in [5.74, 6) is 0.852. The van der Waals surface area contributed by atoms with E-state index < -0.39 is 26.7 Å². The standard InChI is InChI=1S/C27H34F3N7O2S/c28-27(29,30)23-10-9-22(24(25(23)40(32,38)39)26-33-35-36-34-26)20-5-3-18(4-6-20)19-12-15-37(16-13-19)21-7-1-17(2-8-21)11-14-31/h3-6,9-10,17,19,21H,1-2,7-8,11-16,31H2,(H2,32,38,39)(H,33,34,35,36). The number of nitrogens with one attached hydrogen (secondary N) is 1. The van der Waals surface area contributed by atoms with Gasteiger partial charge in [0, 0.05) is 6.04 Å². The zero-order valence-corrected chi connectivity index (χ0v) is 22.9. The van der Waals surface area contributed by atoms with Crippen molar-refractivity contribution < 1.29 is 21.6 Å². The average Bonchev–Trinajstić information content (AvgIpc) is 3.47. The van der Waals surface area contributed by atoms with Crippen molar-refractivity contribution in [2.45, 2.75) is 68.0 Å². The summed E-state index contributed by atoms with van der Waals surface area (Å²) in [5, 5.41) is 18.4. The van der Waals surface area contributed by atoms with E-state index in [1.807, 2.05) is 12.1 Å². The van der Waals surface area contributed by atoms with E-state index in [1.165, 1.54) is 31.7 Å². The SMILES string of the molecule is NCCC1CCC(N2CCC(c3ccc(-c4ccc(C(F)(F)F)c(S(N)(=O)=O)c4-c4nn[nH]n4)cc3)CC2)CC1. The minimum atomic E-state index is -4.96. The number of nitrogens with two attached hydrogens (primary N) is 2. The van der Waals surface area contributed by atoms with Crippen molar-refractivity contribution in [3.63, 3.8) is 0 Å². The van der Waals surface area contributed by atoms with Gasteiger partial charge in [0.1, 0.15) is 4.90 Å². The van der Waals surface area contributed by atoms with Gasteiger partial charge >= 0.3 is 6.18 Å². The Bertz CT molecular complexity index is 1400. The molecule has 9 nitrogen and oxygen atoms in total. The van der Waals surface area contributed by atoms with Crippen molar-refractivity contribution in [2.75, 3.05) is 19.6 Å². The number of likely N-dealkylation sites (tertiary alicyclic amines) is 1. The third-order valence-corrected chi connectivity index (χ3v) is 9.44. The molecule has 5 N–H and O–H groups in total. The van der Waals surface area contributed by atoms with Crippen molar-refractivity contribution in [2.24, 2.45) is 16.8 Å². The molecular formula is C27H34F3N7O2S. The number of halogens is 3. The highest BCUT2D eigenvalue weighted by molar-refractivity contribution is 7.89. The smallest absolute Gasteiger partial charge is 0.330 e. The number of tetrazole rings is 1. The fourth-order valence-electron chi connectivity index (χ4n) is 6.40. The molecule has 0 unspecified atom stereocenters. The highest BCUT2D eigenvalue weighted by atomic mass is 32.2. The van der Waals surface area contributed by atoms with Crippen LogP contribution >= 0.6 is 0 Å². The molecule has 1 saturated carbocycles. The van der Waals surface area contributed by atoms with E-state index in [0.717, 1.165) is 56.4 Å². The first kappa shape index (κ1) is 28.7. The van der Waals surface area contributed by atoms with Gasteiger partial charge in [-0.25, -0.2) is 13.6 Å². The van der Waals surface area contributed by atoms with E-state index in [2.05, 4.69) is 25.5 Å². The van der Waals surface area contributed by atoms with Crippen molar-refractivity contribution in [3.05, 3.63) is 47.5 Å². The summed E-state index contributed by atoms with van der Waals surface area (Å²) in [6, 6.07) is 10.1. The molecule has 3 aromatic rings. The first-order valence-corrected chi connectivity index (χ1v) is 15.2. The summed E-state index contributed by atoms with van der Waals surface area (Å²) in [5.41, 5.74) is 5.90. The van der Waals surface area contributed by atoms with Crippen LogP contribution in [0.1, 0.15) is 62.0 Å². The van der Waals surface area contributed by atoms with Crippen molar-refractivity contribution >= 4 is 10.0 Å². The predicted molar refractivity (Wildman–Crippen MR) is 144 cm³/mol. The molecule has 2 heterocycles. The van der Waals surface area contributed by atoms with Gasteiger partial charge in [0.25, 0.3) is 0 Å². The topological polar surface area (TPSA) is 144 Å². The Morgan fingerprint density at radius 1 is 0.975 bits per heavy atom. The third kappa shape index (κ3) is 6.07. The Morgan fingerprint density at radius 2 is 1.65 bits per heavy atom. The summed E-state index contributed by atoms with van der Waals surface area (Å²) in [4.78, 5) is 1.55. The van der Waals surface area contributed by atoms with Gasteiger partial charge in [-0.2, -0.15) is 18.4 Å². The van der Waals surface area contributed by atoms with Gasteiger partial charge in [-0.05, 0) is 104 Å². The van der Waals surface area contributed by atoms with Gasteiger partial charge in [0.05, 0.1) is 11.1 Å². The van der Waals surface area contributed by atoms with Crippen LogP contribution in [-0.2, 0) is 16.2 Å². The number of sulfonamides is 1. The fourth-order valence-corrected chi connectivity index (χ4v) is 7.37. The zero-order valence-electron chi connectivity index (χ0n) is 22.1. The summed E-state index contributed by atoms with van der Waals surface area (Å²) >= 11 is 0. The Kier molecular flexibility index (Phi) is 8.27. The van der Waals surface area contributed by atoms with Crippen LogP contribution in [-0.4, -0.2) is 59.6 Å². The molecule has 0 atom stereocenters. The zero-order chi connectivity index (χ0) is 28.5. The maximum Gasteiger partial charge on any atom is 0.417 e. The summed E-state index contributed by atoms with van der Waals surface area (Å²) in [6.07, 6.45) is 3.22. The largest absolute Gasteiger partial charge is 0.417 e. The van der Waals surface area contributed by atoms with Crippen LogP contribution < -0.4 is 10.9 Å². The molecule has 1 aliphatic heterocycles. The number of alkyl halides is 3. The number of benzene rings is 2. The van der Waals surface area contributed by atoms with Gasteiger partial charge in [-0.15, -0.1) is 10.2 Å². The molecule has 2 aliphatic rings. The molecule has 2 fully saturated rings. The first-order valence-electron chi connectivity index (χ1n) is 13.6.